The summed E-state index contributed by atoms with van der Waals surface area (Å²) in [5, 5.41) is 11.8. The molecule has 0 aliphatic carbocycles. The number of rotatable bonds is 4. The van der Waals surface area contributed by atoms with Gasteiger partial charge in [0.25, 0.3) is 0 Å². The lowest BCUT2D eigenvalue weighted by Gasteiger charge is -2.28. The average Bonchev–Trinajstić information content (AvgIpc) is 2.32. The summed E-state index contributed by atoms with van der Waals surface area (Å²) in [6.45, 7) is 6.20. The molecule has 21 heavy (non-hydrogen) atoms. The molecule has 2 amide bonds. The fourth-order valence-electron chi connectivity index (χ4n) is 2.22. The first kappa shape index (κ1) is 17.7. The van der Waals surface area contributed by atoms with E-state index in [-0.39, 0.29) is 36.6 Å². The third-order valence-electron chi connectivity index (χ3n) is 3.34. The molecule has 0 aromatic heterocycles. The van der Waals surface area contributed by atoms with Crippen LogP contribution in [0, 0.1) is 11.3 Å². The summed E-state index contributed by atoms with van der Waals surface area (Å²) in [5.41, 5.74) is -0.146. The van der Waals surface area contributed by atoms with Gasteiger partial charge in [0.15, 0.2) is 9.84 Å². The minimum Gasteiger partial charge on any atom is -0.481 e. The molecule has 2 N–H and O–H groups in total. The van der Waals surface area contributed by atoms with Crippen LogP contribution in [0.1, 0.15) is 27.2 Å². The van der Waals surface area contributed by atoms with Gasteiger partial charge >= 0.3 is 12.0 Å². The number of carboxylic acids is 1. The molecule has 1 saturated heterocycles. The number of carboxylic acid groups (broad SMARTS) is 1. The average molecular weight is 320 g/mol. The minimum atomic E-state index is -3.03. The Kier molecular flexibility index (Phi) is 5.61. The van der Waals surface area contributed by atoms with Crippen molar-refractivity contribution in [1.82, 2.24) is 10.2 Å². The van der Waals surface area contributed by atoms with Crippen molar-refractivity contribution in [3.05, 3.63) is 0 Å². The molecule has 0 bridgehead atoms. The maximum atomic E-state index is 11.9. The zero-order chi connectivity index (χ0) is 16.3. The highest BCUT2D eigenvalue weighted by Gasteiger charge is 2.28. The molecule has 0 radical (unpaired) electrons. The molecule has 0 saturated carbocycles. The molecular formula is C13H24N2O5S. The van der Waals surface area contributed by atoms with E-state index >= 15 is 0 Å². The molecule has 0 aromatic carbocycles. The topological polar surface area (TPSA) is 104 Å². The number of nitrogens with one attached hydrogen (secondary N) is 1. The lowest BCUT2D eigenvalue weighted by atomic mass is 9.84. The van der Waals surface area contributed by atoms with Crippen LogP contribution in [-0.2, 0) is 14.6 Å². The van der Waals surface area contributed by atoms with Crippen molar-refractivity contribution in [3.8, 4) is 0 Å². The Hall–Kier alpha value is -1.31. The fourth-order valence-corrected chi connectivity index (χ4v) is 3.43. The van der Waals surface area contributed by atoms with Gasteiger partial charge in [0.2, 0.25) is 0 Å². The van der Waals surface area contributed by atoms with Crippen LogP contribution in [0.3, 0.4) is 0 Å². The van der Waals surface area contributed by atoms with Crippen molar-refractivity contribution in [3.63, 3.8) is 0 Å². The van der Waals surface area contributed by atoms with Gasteiger partial charge in [0.1, 0.15) is 0 Å². The Balaban J connectivity index is 2.49. The number of sulfone groups is 1. The number of aliphatic carboxylic acids is 1. The van der Waals surface area contributed by atoms with E-state index in [1.54, 1.807) is 0 Å². The second-order valence-electron chi connectivity index (χ2n) is 6.62. The van der Waals surface area contributed by atoms with Crippen LogP contribution in [0.2, 0.25) is 0 Å². The quantitative estimate of drug-likeness (QED) is 0.788. The predicted molar refractivity (Wildman–Crippen MR) is 78.8 cm³/mol. The maximum Gasteiger partial charge on any atom is 0.317 e. The Morgan fingerprint density at radius 2 is 1.76 bits per heavy atom. The second-order valence-corrected chi connectivity index (χ2v) is 8.93. The molecule has 0 spiro atoms. The second kappa shape index (κ2) is 6.64. The van der Waals surface area contributed by atoms with Crippen molar-refractivity contribution in [2.24, 2.45) is 11.3 Å². The van der Waals surface area contributed by atoms with Crippen molar-refractivity contribution < 1.29 is 23.1 Å². The summed E-state index contributed by atoms with van der Waals surface area (Å²) in [5.74, 6) is -1.66. The Morgan fingerprint density at radius 1 is 1.24 bits per heavy atom. The lowest BCUT2D eigenvalue weighted by Crippen LogP contribution is -2.49. The van der Waals surface area contributed by atoms with Crippen molar-refractivity contribution in [2.45, 2.75) is 27.2 Å². The van der Waals surface area contributed by atoms with E-state index in [1.807, 2.05) is 20.8 Å². The van der Waals surface area contributed by atoms with Crippen LogP contribution in [0.5, 0.6) is 0 Å². The zero-order valence-corrected chi connectivity index (χ0v) is 13.6. The van der Waals surface area contributed by atoms with Gasteiger partial charge in [0.05, 0.1) is 17.4 Å². The maximum absolute atomic E-state index is 11.9. The molecule has 122 valence electrons. The van der Waals surface area contributed by atoms with E-state index in [2.05, 4.69) is 5.32 Å². The largest absolute Gasteiger partial charge is 0.481 e. The summed E-state index contributed by atoms with van der Waals surface area (Å²) in [4.78, 5) is 24.5. The highest BCUT2D eigenvalue weighted by atomic mass is 32.2. The van der Waals surface area contributed by atoms with E-state index < -0.39 is 27.8 Å². The number of carbonyl (C=O) groups is 2. The molecule has 1 unspecified atom stereocenters. The van der Waals surface area contributed by atoms with Crippen LogP contribution in [0.4, 0.5) is 4.79 Å². The minimum absolute atomic E-state index is 0.0369. The smallest absolute Gasteiger partial charge is 0.317 e. The van der Waals surface area contributed by atoms with Crippen LogP contribution in [0.25, 0.3) is 0 Å². The van der Waals surface area contributed by atoms with E-state index in [1.165, 1.54) is 4.90 Å². The molecule has 1 rings (SSSR count). The van der Waals surface area contributed by atoms with Crippen molar-refractivity contribution in [2.75, 3.05) is 31.1 Å². The molecule has 7 nitrogen and oxygen atoms in total. The summed E-state index contributed by atoms with van der Waals surface area (Å²) in [7, 11) is -3.03. The molecule has 1 fully saturated rings. The molecule has 1 aliphatic heterocycles. The first-order valence-electron chi connectivity index (χ1n) is 6.96. The van der Waals surface area contributed by atoms with Gasteiger partial charge < -0.3 is 15.3 Å². The van der Waals surface area contributed by atoms with Crippen LogP contribution in [-0.4, -0.2) is 61.6 Å². The summed E-state index contributed by atoms with van der Waals surface area (Å²) in [6, 6.07) is -0.398. The number of carbonyl (C=O) groups excluding carboxylic acids is 1. The van der Waals surface area contributed by atoms with Gasteiger partial charge in [-0.15, -0.1) is 0 Å². The first-order valence-corrected chi connectivity index (χ1v) is 8.78. The fraction of sp³-hybridized carbons (Fsp3) is 0.846. The molecule has 8 heteroatoms. The SMILES string of the molecule is CC(C)(C)CC(CNC(=O)N1CCS(=O)(=O)CC1)C(=O)O. The first-order chi connectivity index (χ1) is 9.50. The standard InChI is InChI=1S/C13H24N2O5S/c1-13(2,3)8-10(11(16)17)9-14-12(18)15-4-6-21(19,20)7-5-15/h10H,4-9H2,1-3H3,(H,14,18)(H,16,17). The van der Waals surface area contributed by atoms with Crippen molar-refractivity contribution in [1.29, 1.82) is 0 Å². The van der Waals surface area contributed by atoms with Crippen molar-refractivity contribution >= 4 is 21.8 Å². The van der Waals surface area contributed by atoms with Gasteiger partial charge in [-0.1, -0.05) is 20.8 Å². The van der Waals surface area contributed by atoms with Crippen LogP contribution >= 0.6 is 0 Å². The molecule has 0 aromatic rings. The lowest BCUT2D eigenvalue weighted by molar-refractivity contribution is -0.142. The van der Waals surface area contributed by atoms with Gasteiger partial charge in [-0.05, 0) is 11.8 Å². The third kappa shape index (κ3) is 6.33. The summed E-state index contributed by atoms with van der Waals surface area (Å²) >= 11 is 0. The monoisotopic (exact) mass is 320 g/mol. The van der Waals surface area contributed by atoms with E-state index in [0.717, 1.165) is 0 Å². The Bertz CT molecular complexity index is 481. The van der Waals surface area contributed by atoms with Gasteiger partial charge in [-0.25, -0.2) is 13.2 Å². The molecule has 1 aliphatic rings. The van der Waals surface area contributed by atoms with Gasteiger partial charge in [-0.2, -0.15) is 0 Å². The summed E-state index contributed by atoms with van der Waals surface area (Å²) in [6.07, 6.45) is 0.455. The number of amides is 2. The van der Waals surface area contributed by atoms with Crippen LogP contribution < -0.4 is 5.32 Å². The van der Waals surface area contributed by atoms with E-state index in [9.17, 15) is 23.1 Å². The highest BCUT2D eigenvalue weighted by molar-refractivity contribution is 7.91. The number of hydrogen-bond donors (Lipinski definition) is 2. The van der Waals surface area contributed by atoms with Gasteiger partial charge in [-0.3, -0.25) is 4.79 Å². The van der Waals surface area contributed by atoms with E-state index in [0.29, 0.717) is 6.42 Å². The van der Waals surface area contributed by atoms with Crippen LogP contribution in [0.15, 0.2) is 0 Å². The molecule has 1 heterocycles. The van der Waals surface area contributed by atoms with Gasteiger partial charge in [0, 0.05) is 19.6 Å². The zero-order valence-electron chi connectivity index (χ0n) is 12.8. The number of nitrogens with zero attached hydrogens (tertiary/aromatic N) is 1. The van der Waals surface area contributed by atoms with E-state index in [4.69, 9.17) is 0 Å². The normalized spacial score (nSPS) is 19.9. The third-order valence-corrected chi connectivity index (χ3v) is 4.95. The Morgan fingerprint density at radius 3 is 2.19 bits per heavy atom. The number of urea groups is 1. The predicted octanol–water partition coefficient (Wildman–Crippen LogP) is 0.563. The molecule has 1 atom stereocenters. The highest BCUT2D eigenvalue weighted by Crippen LogP contribution is 2.24. The Labute approximate surface area is 125 Å². The summed E-state index contributed by atoms with van der Waals surface area (Å²) < 4.78 is 22.6. The number of hydrogen-bond acceptors (Lipinski definition) is 4. The molecular weight excluding hydrogens is 296 g/mol.